The van der Waals surface area contributed by atoms with E-state index in [1.54, 1.807) is 0 Å². The summed E-state index contributed by atoms with van der Waals surface area (Å²) in [5, 5.41) is 0.0129. The SMILES string of the molecule is CCCCCP(Br)Br. The molecule has 0 aliphatic rings. The summed E-state index contributed by atoms with van der Waals surface area (Å²) in [7, 11) is 0. The molecule has 0 saturated heterocycles. The Hall–Kier alpha value is 1.39. The van der Waals surface area contributed by atoms with Crippen molar-refractivity contribution in [1.29, 1.82) is 0 Å². The van der Waals surface area contributed by atoms with Gasteiger partial charge in [0.1, 0.15) is 0 Å². The molecule has 0 saturated carbocycles. The molecule has 0 aromatic carbocycles. The third kappa shape index (κ3) is 7.39. The number of halogens is 2. The van der Waals surface area contributed by atoms with Crippen molar-refractivity contribution in [2.45, 2.75) is 26.2 Å². The van der Waals surface area contributed by atoms with Crippen molar-refractivity contribution < 1.29 is 0 Å². The number of unbranched alkanes of at least 4 members (excludes halogenated alkanes) is 2. The van der Waals surface area contributed by atoms with E-state index in [4.69, 9.17) is 0 Å². The van der Waals surface area contributed by atoms with E-state index >= 15 is 0 Å². The van der Waals surface area contributed by atoms with Crippen LogP contribution < -0.4 is 0 Å². The lowest BCUT2D eigenvalue weighted by molar-refractivity contribution is 0.778. The Balaban J connectivity index is 2.72. The molecule has 0 N–H and O–H groups in total. The molecule has 0 aromatic rings. The van der Waals surface area contributed by atoms with E-state index in [-0.39, 0.29) is 5.33 Å². The normalized spacial score (nSPS) is 10.5. The lowest BCUT2D eigenvalue weighted by Crippen LogP contribution is -1.74. The van der Waals surface area contributed by atoms with Gasteiger partial charge >= 0.3 is 0 Å². The molecule has 0 atom stereocenters. The lowest BCUT2D eigenvalue weighted by Gasteiger charge is -1.97. The van der Waals surface area contributed by atoms with Crippen LogP contribution >= 0.6 is 36.3 Å². The van der Waals surface area contributed by atoms with Gasteiger partial charge in [-0.3, -0.25) is 0 Å². The van der Waals surface area contributed by atoms with Gasteiger partial charge in [0.2, 0.25) is 0 Å². The van der Waals surface area contributed by atoms with Crippen LogP contribution in [0.15, 0.2) is 0 Å². The zero-order valence-corrected chi connectivity index (χ0v) is 9.10. The van der Waals surface area contributed by atoms with Crippen LogP contribution in [0, 0.1) is 0 Å². The molecule has 0 fully saturated rings. The second kappa shape index (κ2) is 6.51. The van der Waals surface area contributed by atoms with E-state index in [1.165, 1.54) is 25.4 Å². The van der Waals surface area contributed by atoms with Gasteiger partial charge in [0.15, 0.2) is 0 Å². The van der Waals surface area contributed by atoms with Crippen LogP contribution in [0.1, 0.15) is 26.2 Å². The molecule has 50 valence electrons. The molecule has 3 heteroatoms. The standard InChI is InChI=1S/C5H11Br2P/c1-2-3-4-5-8(6)7/h2-5H2,1H3. The van der Waals surface area contributed by atoms with Crippen LogP contribution in [0.5, 0.6) is 0 Å². The number of hydrogen-bond donors (Lipinski definition) is 0. The van der Waals surface area contributed by atoms with Gasteiger partial charge in [-0.2, -0.15) is 0 Å². The first-order valence-electron chi connectivity index (χ1n) is 2.86. The Labute approximate surface area is 68.7 Å². The van der Waals surface area contributed by atoms with Crippen LogP contribution in [0.4, 0.5) is 0 Å². The molecule has 0 amide bonds. The minimum absolute atomic E-state index is 0.0129. The van der Waals surface area contributed by atoms with E-state index in [0.717, 1.165) is 0 Å². The summed E-state index contributed by atoms with van der Waals surface area (Å²) in [6.07, 6.45) is 5.36. The van der Waals surface area contributed by atoms with Gasteiger partial charge in [0, 0.05) is 5.33 Å². The molecular formula is C5H11Br2P. The van der Waals surface area contributed by atoms with Crippen LogP contribution in [-0.2, 0) is 0 Å². The van der Waals surface area contributed by atoms with Gasteiger partial charge in [-0.1, -0.05) is 19.8 Å². The second-order valence-electron chi connectivity index (χ2n) is 1.73. The van der Waals surface area contributed by atoms with E-state index in [1.807, 2.05) is 0 Å². The van der Waals surface area contributed by atoms with Crippen molar-refractivity contribution in [3.05, 3.63) is 0 Å². The summed E-state index contributed by atoms with van der Waals surface area (Å²) >= 11 is 6.97. The first-order chi connectivity index (χ1) is 3.77. The fourth-order valence-corrected chi connectivity index (χ4v) is 2.45. The Morgan fingerprint density at radius 3 is 2.25 bits per heavy atom. The quantitative estimate of drug-likeness (QED) is 0.524. The molecule has 0 aliphatic carbocycles. The van der Waals surface area contributed by atoms with Gasteiger partial charge < -0.3 is 0 Å². The topological polar surface area (TPSA) is 0 Å². The maximum Gasteiger partial charge on any atom is 0.0346 e. The third-order valence-corrected chi connectivity index (χ3v) is 3.71. The van der Waals surface area contributed by atoms with Crippen molar-refractivity contribution in [3.63, 3.8) is 0 Å². The van der Waals surface area contributed by atoms with E-state index in [9.17, 15) is 0 Å². The summed E-state index contributed by atoms with van der Waals surface area (Å²) in [6, 6.07) is 0. The van der Waals surface area contributed by atoms with E-state index in [2.05, 4.69) is 37.9 Å². The summed E-state index contributed by atoms with van der Waals surface area (Å²) in [4.78, 5) is 0. The molecule has 8 heavy (non-hydrogen) atoms. The molecule has 0 heterocycles. The highest BCUT2D eigenvalue weighted by Crippen LogP contribution is 2.52. The summed E-state index contributed by atoms with van der Waals surface area (Å²) < 4.78 is 0. The molecule has 0 aromatic heterocycles. The molecular weight excluding hydrogens is 251 g/mol. The van der Waals surface area contributed by atoms with Crippen LogP contribution in [0.2, 0.25) is 0 Å². The van der Waals surface area contributed by atoms with Crippen molar-refractivity contribution in [2.75, 3.05) is 6.16 Å². The molecule has 0 spiro atoms. The second-order valence-corrected chi connectivity index (χ2v) is 10.8. The number of rotatable bonds is 4. The van der Waals surface area contributed by atoms with Crippen molar-refractivity contribution in [1.82, 2.24) is 0 Å². The fraction of sp³-hybridized carbons (Fsp3) is 1.00. The summed E-state index contributed by atoms with van der Waals surface area (Å²) in [5.41, 5.74) is 0. The minimum atomic E-state index is 0.0129. The van der Waals surface area contributed by atoms with Gasteiger partial charge in [0.05, 0.1) is 0 Å². The maximum absolute atomic E-state index is 3.49. The first kappa shape index (κ1) is 9.39. The van der Waals surface area contributed by atoms with Crippen LogP contribution in [-0.4, -0.2) is 6.16 Å². The van der Waals surface area contributed by atoms with Crippen LogP contribution in [0.3, 0.4) is 0 Å². The lowest BCUT2D eigenvalue weighted by atomic mass is 10.3. The Bertz CT molecular complexity index is 47.7. The largest absolute Gasteiger partial charge is 0.0654 e. The average molecular weight is 262 g/mol. The fourth-order valence-electron chi connectivity index (χ4n) is 0.481. The highest BCUT2D eigenvalue weighted by molar-refractivity contribution is 9.69. The first-order valence-corrected chi connectivity index (χ1v) is 8.43. The van der Waals surface area contributed by atoms with Crippen molar-refractivity contribution >= 4 is 36.3 Å². The molecule has 0 bridgehead atoms. The van der Waals surface area contributed by atoms with Gasteiger partial charge in [0.25, 0.3) is 0 Å². The summed E-state index contributed by atoms with van der Waals surface area (Å²) in [6.45, 7) is 2.23. The molecule has 0 radical (unpaired) electrons. The van der Waals surface area contributed by atoms with Gasteiger partial charge in [-0.05, 0) is 43.6 Å². The molecule has 0 nitrogen and oxygen atoms in total. The van der Waals surface area contributed by atoms with Crippen LogP contribution in [0.25, 0.3) is 0 Å². The Morgan fingerprint density at radius 2 is 1.88 bits per heavy atom. The Morgan fingerprint density at radius 1 is 1.25 bits per heavy atom. The van der Waals surface area contributed by atoms with Gasteiger partial charge in [-0.15, -0.1) is 0 Å². The summed E-state index contributed by atoms with van der Waals surface area (Å²) in [5.74, 6) is 0. The highest BCUT2D eigenvalue weighted by Gasteiger charge is 1.94. The maximum atomic E-state index is 3.49. The van der Waals surface area contributed by atoms with E-state index in [0.29, 0.717) is 0 Å². The zero-order valence-electron chi connectivity index (χ0n) is 5.03. The van der Waals surface area contributed by atoms with Gasteiger partial charge in [-0.25, -0.2) is 0 Å². The minimum Gasteiger partial charge on any atom is -0.0654 e. The van der Waals surface area contributed by atoms with E-state index < -0.39 is 0 Å². The molecule has 0 rings (SSSR count). The Kier molecular flexibility index (Phi) is 7.64. The molecule has 0 aliphatic heterocycles. The third-order valence-electron chi connectivity index (χ3n) is 0.931. The predicted molar refractivity (Wildman–Crippen MR) is 49.2 cm³/mol. The predicted octanol–water partition coefficient (Wildman–Crippen LogP) is 4.28. The number of hydrogen-bond acceptors (Lipinski definition) is 0. The smallest absolute Gasteiger partial charge is 0.0346 e. The van der Waals surface area contributed by atoms with Crippen molar-refractivity contribution in [3.8, 4) is 0 Å². The zero-order chi connectivity index (χ0) is 6.41. The van der Waals surface area contributed by atoms with Crippen molar-refractivity contribution in [2.24, 2.45) is 0 Å². The monoisotopic (exact) mass is 260 g/mol. The highest BCUT2D eigenvalue weighted by atomic mass is 79.9. The average Bonchev–Trinajstić information content (AvgIpc) is 1.66. The molecule has 0 unspecified atom stereocenters.